The lowest BCUT2D eigenvalue weighted by Crippen LogP contribution is -2.30. The maximum atomic E-state index is 11.0. The third kappa shape index (κ3) is 3.65. The van der Waals surface area contributed by atoms with Crippen molar-refractivity contribution < 1.29 is 19.4 Å². The van der Waals surface area contributed by atoms with Gasteiger partial charge in [0.25, 0.3) is 0 Å². The Labute approximate surface area is 114 Å². The first-order valence-corrected chi connectivity index (χ1v) is 6.23. The fourth-order valence-corrected chi connectivity index (χ4v) is 2.11. The Morgan fingerprint density at radius 1 is 1.58 bits per heavy atom. The van der Waals surface area contributed by atoms with Crippen molar-refractivity contribution in [3.05, 3.63) is 23.8 Å². The zero-order chi connectivity index (χ0) is 13.8. The molecule has 2 aliphatic rings. The number of carbonyl (C=O) groups excluding carboxylic acids is 1. The molecule has 0 fully saturated rings. The molecular formula is C12H13ClN2O4. The van der Waals surface area contributed by atoms with E-state index >= 15 is 0 Å². The van der Waals surface area contributed by atoms with Crippen LogP contribution in [0.15, 0.2) is 28.9 Å². The Hall–Kier alpha value is -1.66. The quantitative estimate of drug-likeness (QED) is 0.748. The summed E-state index contributed by atoms with van der Waals surface area (Å²) in [5.41, 5.74) is 4.01. The van der Waals surface area contributed by atoms with Crippen LogP contribution in [-0.4, -0.2) is 40.8 Å². The second-order valence-electron chi connectivity index (χ2n) is 4.19. The summed E-state index contributed by atoms with van der Waals surface area (Å²) >= 11 is 6.12. The second-order valence-corrected chi connectivity index (χ2v) is 4.69. The van der Waals surface area contributed by atoms with Gasteiger partial charge in [-0.1, -0.05) is 18.2 Å². The summed E-state index contributed by atoms with van der Waals surface area (Å²) < 4.78 is 5.14. The largest absolute Gasteiger partial charge is 0.480 e. The van der Waals surface area contributed by atoms with Gasteiger partial charge >= 0.3 is 5.97 Å². The average Bonchev–Trinajstić information content (AvgIpc) is 2.38. The number of allylic oxidation sites excluding steroid dienone is 2. The van der Waals surface area contributed by atoms with Crippen molar-refractivity contribution in [3.63, 3.8) is 0 Å². The maximum Gasteiger partial charge on any atom is 0.329 e. The molecule has 0 saturated carbocycles. The highest BCUT2D eigenvalue weighted by molar-refractivity contribution is 6.23. The Kier molecular flexibility index (Phi) is 4.34. The van der Waals surface area contributed by atoms with Gasteiger partial charge in [0.05, 0.1) is 17.2 Å². The lowest BCUT2D eigenvalue weighted by Gasteiger charge is -2.22. The molecule has 0 aromatic rings. The van der Waals surface area contributed by atoms with Gasteiger partial charge in [0.1, 0.15) is 6.61 Å². The van der Waals surface area contributed by atoms with Crippen LogP contribution in [0.2, 0.25) is 0 Å². The number of hydrogen-bond donors (Lipinski definition) is 2. The zero-order valence-electron chi connectivity index (χ0n) is 10.0. The van der Waals surface area contributed by atoms with E-state index in [0.717, 1.165) is 11.3 Å². The van der Waals surface area contributed by atoms with Crippen LogP contribution in [0.3, 0.4) is 0 Å². The average molecular weight is 285 g/mol. The highest BCUT2D eigenvalue weighted by Crippen LogP contribution is 2.22. The number of nitrogens with zero attached hydrogens (tertiary/aromatic N) is 1. The number of aliphatic carboxylic acids is 1. The summed E-state index contributed by atoms with van der Waals surface area (Å²) in [5.74, 6) is -1.14. The van der Waals surface area contributed by atoms with Crippen LogP contribution < -0.4 is 5.43 Å². The van der Waals surface area contributed by atoms with E-state index in [4.69, 9.17) is 21.4 Å². The molecule has 1 amide bonds. The van der Waals surface area contributed by atoms with Crippen molar-refractivity contribution in [1.82, 2.24) is 5.43 Å². The summed E-state index contributed by atoms with van der Waals surface area (Å²) in [7, 11) is 0. The SMILES string of the molecule is O=C(O)COC1C=CC(C2=NNC(=O)CC2)=CC1Cl. The van der Waals surface area contributed by atoms with Gasteiger partial charge in [0.15, 0.2) is 0 Å². The van der Waals surface area contributed by atoms with Gasteiger partial charge in [0, 0.05) is 12.8 Å². The molecule has 0 radical (unpaired) electrons. The fourth-order valence-electron chi connectivity index (χ4n) is 1.82. The number of hydrogen-bond acceptors (Lipinski definition) is 4. The van der Waals surface area contributed by atoms with E-state index in [0.29, 0.717) is 12.8 Å². The lowest BCUT2D eigenvalue weighted by molar-refractivity contribution is -0.143. The van der Waals surface area contributed by atoms with Crippen LogP contribution in [-0.2, 0) is 14.3 Å². The summed E-state index contributed by atoms with van der Waals surface area (Å²) in [4.78, 5) is 21.4. The topological polar surface area (TPSA) is 88.0 Å². The van der Waals surface area contributed by atoms with Crippen LogP contribution in [0.25, 0.3) is 0 Å². The number of amides is 1. The van der Waals surface area contributed by atoms with Gasteiger partial charge in [-0.2, -0.15) is 5.10 Å². The van der Waals surface area contributed by atoms with Crippen molar-refractivity contribution >= 4 is 29.2 Å². The molecule has 0 saturated heterocycles. The summed E-state index contributed by atoms with van der Waals surface area (Å²) in [6.07, 6.45) is 5.73. The van der Waals surface area contributed by atoms with E-state index in [9.17, 15) is 9.59 Å². The maximum absolute atomic E-state index is 11.0. The molecule has 102 valence electrons. The summed E-state index contributed by atoms with van der Waals surface area (Å²) in [6.45, 7) is -0.390. The number of nitrogens with one attached hydrogen (secondary N) is 1. The first-order valence-electron chi connectivity index (χ1n) is 5.79. The van der Waals surface area contributed by atoms with Crippen molar-refractivity contribution in [2.45, 2.75) is 24.3 Å². The number of carboxylic acids is 1. The van der Waals surface area contributed by atoms with E-state index in [1.165, 1.54) is 0 Å². The van der Waals surface area contributed by atoms with Crippen LogP contribution in [0, 0.1) is 0 Å². The minimum absolute atomic E-state index is 0.103. The number of hydrazone groups is 1. The molecule has 2 N–H and O–H groups in total. The monoisotopic (exact) mass is 284 g/mol. The molecule has 2 rings (SSSR count). The normalized spacial score (nSPS) is 26.5. The van der Waals surface area contributed by atoms with E-state index < -0.39 is 24.1 Å². The van der Waals surface area contributed by atoms with E-state index in [2.05, 4.69) is 10.5 Å². The van der Waals surface area contributed by atoms with Crippen molar-refractivity contribution in [1.29, 1.82) is 0 Å². The summed E-state index contributed by atoms with van der Waals surface area (Å²) in [6, 6.07) is 0. The van der Waals surface area contributed by atoms with Gasteiger partial charge in [-0.05, 0) is 5.57 Å². The molecule has 7 heteroatoms. The third-order valence-electron chi connectivity index (χ3n) is 2.76. The first kappa shape index (κ1) is 13.8. The van der Waals surface area contributed by atoms with Gasteiger partial charge in [-0.15, -0.1) is 11.6 Å². The molecule has 6 nitrogen and oxygen atoms in total. The molecule has 0 bridgehead atoms. The Balaban J connectivity index is 1.99. The van der Waals surface area contributed by atoms with Crippen molar-refractivity contribution in [2.24, 2.45) is 5.10 Å². The number of rotatable bonds is 4. The first-order chi connectivity index (χ1) is 9.06. The van der Waals surface area contributed by atoms with Crippen LogP contribution in [0.5, 0.6) is 0 Å². The highest BCUT2D eigenvalue weighted by Gasteiger charge is 2.23. The molecule has 1 aliphatic heterocycles. The van der Waals surface area contributed by atoms with Gasteiger partial charge < -0.3 is 9.84 Å². The predicted molar refractivity (Wildman–Crippen MR) is 69.1 cm³/mol. The van der Waals surface area contributed by atoms with Gasteiger partial charge in [-0.25, -0.2) is 10.2 Å². The molecular weight excluding hydrogens is 272 g/mol. The predicted octanol–water partition coefficient (Wildman–Crippen LogP) is 0.826. The number of alkyl halides is 1. The standard InChI is InChI=1S/C12H13ClN2O4/c13-8-5-7(9-2-4-11(16)15-14-9)1-3-10(8)19-6-12(17)18/h1,3,5,8,10H,2,4,6H2,(H,15,16)(H,17,18). The molecule has 1 aliphatic carbocycles. The molecule has 0 spiro atoms. The Morgan fingerprint density at radius 2 is 2.37 bits per heavy atom. The third-order valence-corrected chi connectivity index (χ3v) is 3.13. The Bertz CT molecular complexity index is 484. The number of halogens is 1. The number of carboxylic acid groups (broad SMARTS) is 1. The minimum atomic E-state index is -1.04. The van der Waals surface area contributed by atoms with Gasteiger partial charge in [0.2, 0.25) is 5.91 Å². The smallest absolute Gasteiger partial charge is 0.329 e. The van der Waals surface area contributed by atoms with Crippen molar-refractivity contribution in [2.75, 3.05) is 6.61 Å². The summed E-state index contributed by atoms with van der Waals surface area (Å²) in [5, 5.41) is 12.1. The van der Waals surface area contributed by atoms with E-state index in [1.54, 1.807) is 18.2 Å². The molecule has 0 aromatic heterocycles. The molecule has 1 heterocycles. The van der Waals surface area contributed by atoms with Crippen LogP contribution in [0.1, 0.15) is 12.8 Å². The lowest BCUT2D eigenvalue weighted by atomic mass is 9.97. The minimum Gasteiger partial charge on any atom is -0.480 e. The van der Waals surface area contributed by atoms with Gasteiger partial charge in [-0.3, -0.25) is 4.79 Å². The highest BCUT2D eigenvalue weighted by atomic mass is 35.5. The molecule has 0 aromatic carbocycles. The van der Waals surface area contributed by atoms with Crippen LogP contribution in [0.4, 0.5) is 0 Å². The zero-order valence-corrected chi connectivity index (χ0v) is 10.8. The molecule has 2 unspecified atom stereocenters. The van der Waals surface area contributed by atoms with E-state index in [-0.39, 0.29) is 5.91 Å². The van der Waals surface area contributed by atoms with Crippen molar-refractivity contribution in [3.8, 4) is 0 Å². The number of ether oxygens (including phenoxy) is 1. The van der Waals surface area contributed by atoms with Crippen LogP contribution >= 0.6 is 11.6 Å². The van der Waals surface area contributed by atoms with E-state index in [1.807, 2.05) is 0 Å². The number of carbonyl (C=O) groups is 2. The molecule has 19 heavy (non-hydrogen) atoms. The second kappa shape index (κ2) is 5.99. The molecule has 2 atom stereocenters. The Morgan fingerprint density at radius 3 is 2.95 bits per heavy atom. The fraction of sp³-hybridized carbons (Fsp3) is 0.417.